The van der Waals surface area contributed by atoms with Crippen LogP contribution in [-0.4, -0.2) is 19.0 Å². The van der Waals surface area contributed by atoms with Crippen molar-refractivity contribution < 1.29 is 14.3 Å². The average Bonchev–Trinajstić information content (AvgIpc) is 2.74. The second kappa shape index (κ2) is 7.39. The smallest absolute Gasteiger partial charge is 0.311 e. The van der Waals surface area contributed by atoms with E-state index in [2.05, 4.69) is 6.08 Å². The normalized spacial score (nSPS) is 27.1. The van der Waals surface area contributed by atoms with Crippen molar-refractivity contribution in [3.05, 3.63) is 78.4 Å². The minimum atomic E-state index is -0.433. The molecule has 0 unspecified atom stereocenters. The number of allylic oxidation sites excluding steroid dienone is 2. The number of hydrogen-bond donors (Lipinski definition) is 0. The molecule has 1 amide bonds. The highest BCUT2D eigenvalue weighted by atomic mass is 16.5. The lowest BCUT2D eigenvalue weighted by atomic mass is 9.67. The summed E-state index contributed by atoms with van der Waals surface area (Å²) in [5, 5.41) is 0. The quantitative estimate of drug-likeness (QED) is 0.610. The van der Waals surface area contributed by atoms with Gasteiger partial charge in [-0.1, -0.05) is 60.7 Å². The van der Waals surface area contributed by atoms with Crippen LogP contribution in [0.2, 0.25) is 0 Å². The molecule has 1 heterocycles. The monoisotopic (exact) mass is 361 g/mol. The maximum Gasteiger partial charge on any atom is 0.311 e. The molecule has 4 atom stereocenters. The van der Waals surface area contributed by atoms with Gasteiger partial charge in [-0.05, 0) is 30.5 Å². The van der Waals surface area contributed by atoms with Crippen LogP contribution in [0.3, 0.4) is 0 Å². The molecule has 1 aliphatic carbocycles. The largest absolute Gasteiger partial charge is 0.469 e. The molecule has 4 nitrogen and oxygen atoms in total. The zero-order chi connectivity index (χ0) is 18.8. The van der Waals surface area contributed by atoms with Crippen molar-refractivity contribution in [3.8, 4) is 0 Å². The van der Waals surface area contributed by atoms with E-state index in [9.17, 15) is 9.59 Å². The molecule has 27 heavy (non-hydrogen) atoms. The van der Waals surface area contributed by atoms with Crippen LogP contribution in [0, 0.1) is 17.8 Å². The fourth-order valence-corrected chi connectivity index (χ4v) is 4.51. The van der Waals surface area contributed by atoms with Gasteiger partial charge in [0.1, 0.15) is 0 Å². The summed E-state index contributed by atoms with van der Waals surface area (Å²) in [6, 6.07) is 19.0. The average molecular weight is 361 g/mol. The van der Waals surface area contributed by atoms with Crippen LogP contribution in [0.4, 0.5) is 5.69 Å². The fourth-order valence-electron chi connectivity index (χ4n) is 4.51. The Balaban J connectivity index is 1.90. The van der Waals surface area contributed by atoms with E-state index < -0.39 is 12.0 Å². The van der Waals surface area contributed by atoms with Gasteiger partial charge in [-0.25, -0.2) is 0 Å². The number of anilines is 1. The summed E-state index contributed by atoms with van der Waals surface area (Å²) in [7, 11) is 1.43. The summed E-state index contributed by atoms with van der Waals surface area (Å²) in [6.07, 6.45) is 5.76. The molecule has 1 fully saturated rings. The molecule has 4 heteroatoms. The van der Waals surface area contributed by atoms with Gasteiger partial charge in [0.15, 0.2) is 0 Å². The lowest BCUT2D eigenvalue weighted by Gasteiger charge is -2.48. The molecule has 2 aliphatic rings. The van der Waals surface area contributed by atoms with Gasteiger partial charge in [-0.3, -0.25) is 9.59 Å². The van der Waals surface area contributed by atoms with Crippen LogP contribution in [0.15, 0.2) is 72.8 Å². The van der Waals surface area contributed by atoms with Crippen LogP contribution >= 0.6 is 0 Å². The molecular formula is C23H23NO3. The van der Waals surface area contributed by atoms with E-state index in [0.29, 0.717) is 0 Å². The molecule has 0 N–H and O–H groups in total. The molecule has 0 spiro atoms. The first-order valence-corrected chi connectivity index (χ1v) is 9.40. The molecule has 1 aliphatic heterocycles. The van der Waals surface area contributed by atoms with E-state index in [1.165, 1.54) is 7.11 Å². The van der Waals surface area contributed by atoms with Crippen molar-refractivity contribution in [3.63, 3.8) is 0 Å². The molecule has 4 rings (SSSR count). The van der Waals surface area contributed by atoms with Gasteiger partial charge in [0, 0.05) is 17.5 Å². The Morgan fingerprint density at radius 2 is 1.70 bits per heavy atom. The Morgan fingerprint density at radius 1 is 1.04 bits per heavy atom. The molecule has 138 valence electrons. The molecule has 2 aromatic rings. The third-order valence-corrected chi connectivity index (χ3v) is 5.70. The number of amides is 1. The van der Waals surface area contributed by atoms with Crippen molar-refractivity contribution >= 4 is 17.6 Å². The second-order valence-electron chi connectivity index (χ2n) is 7.14. The lowest BCUT2D eigenvalue weighted by Crippen LogP contribution is -2.55. The van der Waals surface area contributed by atoms with Crippen LogP contribution in [-0.2, 0) is 14.3 Å². The van der Waals surface area contributed by atoms with Gasteiger partial charge in [-0.2, -0.15) is 0 Å². The van der Waals surface area contributed by atoms with E-state index in [4.69, 9.17) is 4.74 Å². The summed E-state index contributed by atoms with van der Waals surface area (Å²) >= 11 is 0. The van der Waals surface area contributed by atoms with Gasteiger partial charge in [0.25, 0.3) is 0 Å². The van der Waals surface area contributed by atoms with E-state index in [1.54, 1.807) is 0 Å². The predicted octanol–water partition coefficient (Wildman–Crippen LogP) is 4.15. The van der Waals surface area contributed by atoms with Crippen molar-refractivity contribution in [2.24, 2.45) is 17.8 Å². The summed E-state index contributed by atoms with van der Waals surface area (Å²) in [6.45, 7) is 0. The minimum absolute atomic E-state index is 0.0876. The van der Waals surface area contributed by atoms with E-state index >= 15 is 0 Å². The van der Waals surface area contributed by atoms with Crippen LogP contribution < -0.4 is 4.90 Å². The second-order valence-corrected chi connectivity index (χ2v) is 7.14. The topological polar surface area (TPSA) is 46.6 Å². The number of hydrogen-bond acceptors (Lipinski definition) is 3. The number of ether oxygens (including phenoxy) is 1. The summed E-state index contributed by atoms with van der Waals surface area (Å²) in [5.41, 5.74) is 1.76. The van der Waals surface area contributed by atoms with E-state index in [-0.39, 0.29) is 23.7 Å². The molecule has 0 saturated carbocycles. The van der Waals surface area contributed by atoms with E-state index in [1.807, 2.05) is 71.6 Å². The van der Waals surface area contributed by atoms with Crippen molar-refractivity contribution in [1.29, 1.82) is 0 Å². The number of esters is 1. The van der Waals surface area contributed by atoms with Crippen molar-refractivity contribution in [1.82, 2.24) is 0 Å². The predicted molar refractivity (Wildman–Crippen MR) is 104 cm³/mol. The number of carbonyl (C=O) groups is 2. The first kappa shape index (κ1) is 17.5. The van der Waals surface area contributed by atoms with Crippen LogP contribution in [0.5, 0.6) is 0 Å². The summed E-state index contributed by atoms with van der Waals surface area (Å²) in [5.74, 6) is -0.941. The number of nitrogens with zero attached hydrogens (tertiary/aromatic N) is 1. The third-order valence-electron chi connectivity index (χ3n) is 5.70. The van der Waals surface area contributed by atoms with Gasteiger partial charge in [-0.15, -0.1) is 0 Å². The number of carbonyl (C=O) groups excluding carboxylic acids is 2. The fraction of sp³-hybridized carbons (Fsp3) is 0.304. The molecule has 0 aromatic heterocycles. The van der Waals surface area contributed by atoms with Gasteiger partial charge in [0.2, 0.25) is 5.91 Å². The number of rotatable bonds is 3. The summed E-state index contributed by atoms with van der Waals surface area (Å²) in [4.78, 5) is 28.3. The van der Waals surface area contributed by atoms with Crippen molar-refractivity contribution in [2.45, 2.75) is 18.9 Å². The zero-order valence-corrected chi connectivity index (χ0v) is 15.3. The highest BCUT2D eigenvalue weighted by molar-refractivity contribution is 5.99. The number of benzene rings is 2. The highest BCUT2D eigenvalue weighted by Gasteiger charge is 2.52. The first-order chi connectivity index (χ1) is 13.2. The Bertz CT molecular complexity index is 846. The van der Waals surface area contributed by atoms with Crippen LogP contribution in [0.25, 0.3) is 0 Å². The Kier molecular flexibility index (Phi) is 4.80. The summed E-state index contributed by atoms with van der Waals surface area (Å²) < 4.78 is 5.20. The highest BCUT2D eigenvalue weighted by Crippen LogP contribution is 2.48. The molecule has 2 aromatic carbocycles. The maximum atomic E-state index is 13.5. The molecular weight excluding hydrogens is 338 g/mol. The molecule has 1 saturated heterocycles. The Hall–Kier alpha value is -2.88. The molecule has 0 bridgehead atoms. The van der Waals surface area contributed by atoms with Gasteiger partial charge >= 0.3 is 5.97 Å². The number of fused-ring (bicyclic) bond motifs is 1. The standard InChI is InChI=1S/C23H23NO3/c1-27-23(26)20-18-14-8-9-15-19(18)22(25)24(17-12-6-3-7-13-17)21(20)16-10-4-2-5-11-16/h2-8,10-14,18-21H,9,15H2,1H3/t18-,19-,20-,21-/m1/s1. The number of methoxy groups -OCH3 is 1. The SMILES string of the molecule is COC(=O)[C@@H]1[C@@H]2C=CCC[C@H]2C(=O)N(c2ccccc2)[C@@H]1c1ccccc1. The Labute approximate surface area is 159 Å². The third kappa shape index (κ3) is 3.05. The number of piperidine rings is 1. The zero-order valence-electron chi connectivity index (χ0n) is 15.3. The van der Waals surface area contributed by atoms with Gasteiger partial charge in [0.05, 0.1) is 19.1 Å². The minimum Gasteiger partial charge on any atom is -0.469 e. The lowest BCUT2D eigenvalue weighted by molar-refractivity contribution is -0.151. The first-order valence-electron chi connectivity index (χ1n) is 9.40. The maximum absolute atomic E-state index is 13.5. The Morgan fingerprint density at radius 3 is 2.37 bits per heavy atom. The van der Waals surface area contributed by atoms with Crippen molar-refractivity contribution in [2.75, 3.05) is 12.0 Å². The van der Waals surface area contributed by atoms with Crippen LogP contribution in [0.1, 0.15) is 24.4 Å². The molecule has 0 radical (unpaired) electrons. The number of para-hydroxylation sites is 1. The van der Waals surface area contributed by atoms with E-state index in [0.717, 1.165) is 24.1 Å². The van der Waals surface area contributed by atoms with Gasteiger partial charge < -0.3 is 9.64 Å².